The van der Waals surface area contributed by atoms with Crippen LogP contribution >= 0.6 is 11.6 Å². The number of hydrogen-bond donors (Lipinski definition) is 1. The third-order valence-corrected chi connectivity index (χ3v) is 4.38. The lowest BCUT2D eigenvalue weighted by Gasteiger charge is -2.42. The van der Waals surface area contributed by atoms with Gasteiger partial charge in [-0.15, -0.1) is 0 Å². The first-order valence-corrected chi connectivity index (χ1v) is 6.91. The van der Waals surface area contributed by atoms with E-state index in [4.69, 9.17) is 11.6 Å². The highest BCUT2D eigenvalue weighted by Gasteiger charge is 2.37. The van der Waals surface area contributed by atoms with Gasteiger partial charge in [0, 0.05) is 35.9 Å². The van der Waals surface area contributed by atoms with E-state index < -0.39 is 0 Å². The molecule has 92 valence electrons. The largest absolute Gasteiger partial charge is 0.368 e. The molecule has 1 saturated carbocycles. The average Bonchev–Trinajstić information content (AvgIpc) is 2.78. The molecule has 3 rings (SSSR count). The molecule has 2 aliphatic rings. The quantitative estimate of drug-likeness (QED) is 0.824. The van der Waals surface area contributed by atoms with Crippen LogP contribution in [-0.2, 0) is 0 Å². The second-order valence-corrected chi connectivity index (χ2v) is 5.75. The summed E-state index contributed by atoms with van der Waals surface area (Å²) >= 11 is 5.94. The van der Waals surface area contributed by atoms with Crippen LogP contribution in [0, 0.1) is 0 Å². The molecule has 2 nitrogen and oxygen atoms in total. The molecule has 0 atom stereocenters. The van der Waals surface area contributed by atoms with Crippen molar-refractivity contribution in [3.63, 3.8) is 0 Å². The van der Waals surface area contributed by atoms with Crippen LogP contribution in [0.25, 0.3) is 0 Å². The zero-order chi connectivity index (χ0) is 11.7. The van der Waals surface area contributed by atoms with Gasteiger partial charge in [0.1, 0.15) is 0 Å². The molecular formula is C14H19ClN2. The minimum absolute atomic E-state index is 0.387. The number of nitrogens with one attached hydrogen (secondary N) is 1. The van der Waals surface area contributed by atoms with E-state index in [2.05, 4.69) is 22.3 Å². The topological polar surface area (TPSA) is 15.3 Å². The highest BCUT2D eigenvalue weighted by molar-refractivity contribution is 6.30. The Balaban J connectivity index is 1.77. The lowest BCUT2D eigenvalue weighted by Crippen LogP contribution is -2.59. The summed E-state index contributed by atoms with van der Waals surface area (Å²) < 4.78 is 0. The number of hydrogen-bond acceptors (Lipinski definition) is 2. The van der Waals surface area contributed by atoms with Crippen LogP contribution in [0.3, 0.4) is 0 Å². The highest BCUT2D eigenvalue weighted by atomic mass is 35.5. The van der Waals surface area contributed by atoms with Crippen molar-refractivity contribution in [2.45, 2.75) is 31.2 Å². The van der Waals surface area contributed by atoms with E-state index >= 15 is 0 Å². The van der Waals surface area contributed by atoms with Crippen LogP contribution in [0.1, 0.15) is 25.7 Å². The molecule has 1 aliphatic heterocycles. The molecule has 1 aromatic rings. The molecular weight excluding hydrogens is 232 g/mol. The second kappa shape index (κ2) is 4.51. The van der Waals surface area contributed by atoms with E-state index in [-0.39, 0.29) is 0 Å². The molecule has 1 aliphatic carbocycles. The van der Waals surface area contributed by atoms with E-state index in [1.807, 2.05) is 12.1 Å². The molecule has 0 amide bonds. The van der Waals surface area contributed by atoms with Gasteiger partial charge in [0.05, 0.1) is 0 Å². The summed E-state index contributed by atoms with van der Waals surface area (Å²) in [6.07, 6.45) is 5.41. The molecule has 0 aromatic heterocycles. The zero-order valence-electron chi connectivity index (χ0n) is 10.1. The molecule has 0 bridgehead atoms. The van der Waals surface area contributed by atoms with Gasteiger partial charge >= 0.3 is 0 Å². The maximum Gasteiger partial charge on any atom is 0.0407 e. The van der Waals surface area contributed by atoms with Crippen molar-refractivity contribution in [1.29, 1.82) is 0 Å². The van der Waals surface area contributed by atoms with Gasteiger partial charge in [0.15, 0.2) is 0 Å². The number of anilines is 1. The van der Waals surface area contributed by atoms with Crippen LogP contribution in [0.5, 0.6) is 0 Å². The number of halogens is 1. The van der Waals surface area contributed by atoms with Crippen LogP contribution in [-0.4, -0.2) is 25.2 Å². The van der Waals surface area contributed by atoms with Crippen molar-refractivity contribution < 1.29 is 0 Å². The van der Waals surface area contributed by atoms with Crippen LogP contribution < -0.4 is 10.2 Å². The van der Waals surface area contributed by atoms with Gasteiger partial charge in [-0.3, -0.25) is 0 Å². The smallest absolute Gasteiger partial charge is 0.0407 e. The minimum Gasteiger partial charge on any atom is -0.368 e. The lowest BCUT2D eigenvalue weighted by molar-refractivity contribution is 0.304. The summed E-state index contributed by atoms with van der Waals surface area (Å²) in [4.78, 5) is 2.50. The van der Waals surface area contributed by atoms with Gasteiger partial charge in [0.25, 0.3) is 0 Å². The third-order valence-electron chi connectivity index (χ3n) is 4.13. The van der Waals surface area contributed by atoms with E-state index in [0.29, 0.717) is 5.54 Å². The van der Waals surface area contributed by atoms with Gasteiger partial charge in [-0.25, -0.2) is 0 Å². The highest BCUT2D eigenvalue weighted by Crippen LogP contribution is 2.33. The van der Waals surface area contributed by atoms with E-state index in [9.17, 15) is 0 Å². The zero-order valence-corrected chi connectivity index (χ0v) is 10.8. The van der Waals surface area contributed by atoms with Gasteiger partial charge in [0.2, 0.25) is 0 Å². The first-order valence-electron chi connectivity index (χ1n) is 6.53. The number of piperazine rings is 1. The number of benzene rings is 1. The van der Waals surface area contributed by atoms with Crippen LogP contribution in [0.4, 0.5) is 5.69 Å². The SMILES string of the molecule is Clc1ccc(N2CCNC3(CCCC3)C2)cc1. The Bertz CT molecular complexity index is 382. The maximum atomic E-state index is 5.94. The van der Waals surface area contributed by atoms with Crippen LogP contribution in [0.2, 0.25) is 5.02 Å². The molecule has 2 fully saturated rings. The maximum absolute atomic E-state index is 5.94. The Morgan fingerprint density at radius 1 is 1.12 bits per heavy atom. The fourth-order valence-electron chi connectivity index (χ4n) is 3.22. The molecule has 1 spiro atoms. The third kappa shape index (κ3) is 2.29. The van der Waals surface area contributed by atoms with Crippen molar-refractivity contribution in [3.05, 3.63) is 29.3 Å². The Kier molecular flexibility index (Phi) is 3.01. The van der Waals surface area contributed by atoms with Gasteiger partial charge in [-0.05, 0) is 37.1 Å². The molecule has 1 heterocycles. The van der Waals surface area contributed by atoms with E-state index in [1.165, 1.54) is 31.4 Å². The predicted octanol–water partition coefficient (Wildman–Crippen LogP) is 3.06. The Labute approximate surface area is 108 Å². The molecule has 1 saturated heterocycles. The summed E-state index contributed by atoms with van der Waals surface area (Å²) in [6.45, 7) is 3.35. The van der Waals surface area contributed by atoms with E-state index in [0.717, 1.165) is 24.7 Å². The van der Waals surface area contributed by atoms with Gasteiger partial charge in [-0.1, -0.05) is 24.4 Å². The van der Waals surface area contributed by atoms with Crippen molar-refractivity contribution in [1.82, 2.24) is 5.32 Å². The van der Waals surface area contributed by atoms with Crippen molar-refractivity contribution in [3.8, 4) is 0 Å². The van der Waals surface area contributed by atoms with E-state index in [1.54, 1.807) is 0 Å². The van der Waals surface area contributed by atoms with Gasteiger partial charge in [-0.2, -0.15) is 0 Å². The number of nitrogens with zero attached hydrogens (tertiary/aromatic N) is 1. The first-order chi connectivity index (χ1) is 8.27. The average molecular weight is 251 g/mol. The normalized spacial score (nSPS) is 23.2. The fraction of sp³-hybridized carbons (Fsp3) is 0.571. The number of rotatable bonds is 1. The molecule has 17 heavy (non-hydrogen) atoms. The summed E-state index contributed by atoms with van der Waals surface area (Å²) in [7, 11) is 0. The molecule has 1 N–H and O–H groups in total. The predicted molar refractivity (Wildman–Crippen MR) is 72.9 cm³/mol. The molecule has 0 unspecified atom stereocenters. The van der Waals surface area contributed by atoms with Crippen LogP contribution in [0.15, 0.2) is 24.3 Å². The summed E-state index contributed by atoms with van der Waals surface area (Å²) in [5, 5.41) is 4.56. The Hall–Kier alpha value is -0.730. The minimum atomic E-state index is 0.387. The molecule has 0 radical (unpaired) electrons. The standard InChI is InChI=1S/C14H19ClN2/c15-12-3-5-13(6-4-12)17-10-9-16-14(11-17)7-1-2-8-14/h3-6,16H,1-2,7-11H2. The molecule has 1 aromatic carbocycles. The summed E-state index contributed by atoms with van der Waals surface area (Å²) in [6, 6.07) is 8.24. The molecule has 3 heteroatoms. The summed E-state index contributed by atoms with van der Waals surface area (Å²) in [5.74, 6) is 0. The van der Waals surface area contributed by atoms with Crippen molar-refractivity contribution in [2.24, 2.45) is 0 Å². The Morgan fingerprint density at radius 2 is 1.82 bits per heavy atom. The first kappa shape index (κ1) is 11.4. The second-order valence-electron chi connectivity index (χ2n) is 5.31. The summed E-state index contributed by atoms with van der Waals surface area (Å²) in [5.41, 5.74) is 1.69. The van der Waals surface area contributed by atoms with Gasteiger partial charge < -0.3 is 10.2 Å². The lowest BCUT2D eigenvalue weighted by atomic mass is 9.94. The Morgan fingerprint density at radius 3 is 2.53 bits per heavy atom. The fourth-order valence-corrected chi connectivity index (χ4v) is 3.34. The monoisotopic (exact) mass is 250 g/mol. The van der Waals surface area contributed by atoms with Crippen molar-refractivity contribution in [2.75, 3.05) is 24.5 Å². The van der Waals surface area contributed by atoms with Crippen molar-refractivity contribution >= 4 is 17.3 Å².